The van der Waals surface area contributed by atoms with Crippen LogP contribution in [0.5, 0.6) is 11.5 Å². The lowest BCUT2D eigenvalue weighted by atomic mass is 10.1. The van der Waals surface area contributed by atoms with Crippen molar-refractivity contribution < 1.29 is 22.7 Å². The van der Waals surface area contributed by atoms with Crippen molar-refractivity contribution in [2.75, 3.05) is 26.1 Å². The van der Waals surface area contributed by atoms with Gasteiger partial charge in [0.25, 0.3) is 0 Å². The third-order valence-corrected chi connectivity index (χ3v) is 4.52. The molecule has 4 N–H and O–H groups in total. The second kappa shape index (κ2) is 8.54. The molecule has 140 valence electrons. The molecule has 0 atom stereocenters. The largest absolute Gasteiger partial charge is 0.493 e. The number of sulfonamides is 1. The maximum atomic E-state index is 12.0. The molecule has 26 heavy (non-hydrogen) atoms. The van der Waals surface area contributed by atoms with Gasteiger partial charge in [-0.25, -0.2) is 18.4 Å². The summed E-state index contributed by atoms with van der Waals surface area (Å²) in [6, 6.07) is 10.9. The molecule has 0 unspecified atom stereocenters. The Morgan fingerprint density at radius 1 is 1.04 bits per heavy atom. The Balaban J connectivity index is 1.85. The molecule has 0 spiro atoms. The fourth-order valence-electron chi connectivity index (χ4n) is 2.26. The Kier molecular flexibility index (Phi) is 6.42. The highest BCUT2D eigenvalue weighted by Crippen LogP contribution is 2.29. The van der Waals surface area contributed by atoms with E-state index in [4.69, 9.17) is 14.6 Å². The van der Waals surface area contributed by atoms with Gasteiger partial charge >= 0.3 is 6.03 Å². The fraction of sp³-hybridized carbons (Fsp3) is 0.235. The molecule has 2 amide bonds. The average molecular weight is 379 g/mol. The van der Waals surface area contributed by atoms with E-state index in [-0.39, 0.29) is 10.9 Å². The van der Waals surface area contributed by atoms with E-state index < -0.39 is 10.0 Å². The van der Waals surface area contributed by atoms with Crippen LogP contribution in [-0.4, -0.2) is 35.2 Å². The summed E-state index contributed by atoms with van der Waals surface area (Å²) in [4.78, 5) is 12.0. The molecular weight excluding hydrogens is 358 g/mol. The lowest BCUT2D eigenvalue weighted by molar-refractivity contribution is 0.252. The van der Waals surface area contributed by atoms with E-state index >= 15 is 0 Å². The van der Waals surface area contributed by atoms with Gasteiger partial charge in [-0.15, -0.1) is 0 Å². The number of hydrogen-bond acceptors (Lipinski definition) is 5. The van der Waals surface area contributed by atoms with Crippen molar-refractivity contribution in [2.24, 2.45) is 5.14 Å². The summed E-state index contributed by atoms with van der Waals surface area (Å²) in [5.74, 6) is 1.08. The molecule has 0 saturated carbocycles. The molecule has 8 nitrogen and oxygen atoms in total. The zero-order valence-electron chi connectivity index (χ0n) is 14.5. The van der Waals surface area contributed by atoms with Gasteiger partial charge < -0.3 is 20.1 Å². The van der Waals surface area contributed by atoms with Crippen LogP contribution in [0, 0.1) is 0 Å². The normalized spacial score (nSPS) is 10.9. The zero-order chi connectivity index (χ0) is 19.2. The number of hydrogen-bond donors (Lipinski definition) is 3. The Hall–Kier alpha value is -2.78. The molecule has 9 heteroatoms. The predicted molar refractivity (Wildman–Crippen MR) is 98.1 cm³/mol. The summed E-state index contributed by atoms with van der Waals surface area (Å²) in [7, 11) is -0.646. The number of urea groups is 1. The second-order valence-corrected chi connectivity index (χ2v) is 6.95. The Bertz CT molecular complexity index is 866. The number of primary sulfonamides is 1. The SMILES string of the molecule is COc1ccc(NC(=O)NCCc2ccc(S(N)(=O)=O)cc2)cc1OC. The fourth-order valence-corrected chi connectivity index (χ4v) is 2.77. The van der Waals surface area contributed by atoms with Gasteiger partial charge in [0.05, 0.1) is 19.1 Å². The van der Waals surface area contributed by atoms with Gasteiger partial charge in [0.15, 0.2) is 11.5 Å². The van der Waals surface area contributed by atoms with Crippen molar-refractivity contribution in [2.45, 2.75) is 11.3 Å². The van der Waals surface area contributed by atoms with Crippen LogP contribution in [0.25, 0.3) is 0 Å². The number of rotatable bonds is 7. The maximum absolute atomic E-state index is 12.0. The number of carbonyl (C=O) groups is 1. The lowest BCUT2D eigenvalue weighted by Crippen LogP contribution is -2.30. The third kappa shape index (κ3) is 5.36. The first-order valence-electron chi connectivity index (χ1n) is 7.72. The van der Waals surface area contributed by atoms with Crippen molar-refractivity contribution in [3.63, 3.8) is 0 Å². The highest BCUT2D eigenvalue weighted by Gasteiger charge is 2.08. The number of nitrogens with one attached hydrogen (secondary N) is 2. The van der Waals surface area contributed by atoms with Crippen molar-refractivity contribution in [1.82, 2.24) is 5.32 Å². The maximum Gasteiger partial charge on any atom is 0.319 e. The van der Waals surface area contributed by atoms with Gasteiger partial charge in [-0.05, 0) is 36.2 Å². The van der Waals surface area contributed by atoms with Crippen LogP contribution >= 0.6 is 0 Å². The van der Waals surface area contributed by atoms with Crippen LogP contribution in [-0.2, 0) is 16.4 Å². The van der Waals surface area contributed by atoms with E-state index in [0.29, 0.717) is 30.2 Å². The van der Waals surface area contributed by atoms with Crippen molar-refractivity contribution in [3.05, 3.63) is 48.0 Å². The van der Waals surface area contributed by atoms with Crippen LogP contribution in [0.4, 0.5) is 10.5 Å². The summed E-state index contributed by atoms with van der Waals surface area (Å²) in [5.41, 5.74) is 1.45. The third-order valence-electron chi connectivity index (χ3n) is 3.59. The van der Waals surface area contributed by atoms with Crippen LogP contribution in [0.1, 0.15) is 5.56 Å². The Morgan fingerprint density at radius 2 is 1.69 bits per heavy atom. The van der Waals surface area contributed by atoms with Crippen LogP contribution < -0.4 is 25.2 Å². The first-order chi connectivity index (χ1) is 12.3. The minimum absolute atomic E-state index is 0.0559. The first kappa shape index (κ1) is 19.5. The van der Waals surface area contributed by atoms with Gasteiger partial charge in [-0.1, -0.05) is 12.1 Å². The molecule has 0 aliphatic heterocycles. The summed E-state index contributed by atoms with van der Waals surface area (Å²) < 4.78 is 32.7. The van der Waals surface area contributed by atoms with Gasteiger partial charge in [-0.2, -0.15) is 0 Å². The van der Waals surface area contributed by atoms with Crippen LogP contribution in [0.15, 0.2) is 47.4 Å². The smallest absolute Gasteiger partial charge is 0.319 e. The number of benzene rings is 2. The highest BCUT2D eigenvalue weighted by molar-refractivity contribution is 7.89. The van der Waals surface area contributed by atoms with Gasteiger partial charge in [0.1, 0.15) is 0 Å². The van der Waals surface area contributed by atoms with Crippen LogP contribution in [0.3, 0.4) is 0 Å². The van der Waals surface area contributed by atoms with E-state index in [1.165, 1.54) is 26.4 Å². The minimum Gasteiger partial charge on any atom is -0.493 e. The molecule has 0 aromatic heterocycles. The van der Waals surface area contributed by atoms with Gasteiger partial charge in [0.2, 0.25) is 10.0 Å². The molecule has 0 saturated heterocycles. The van der Waals surface area contributed by atoms with Crippen molar-refractivity contribution >= 4 is 21.7 Å². The zero-order valence-corrected chi connectivity index (χ0v) is 15.3. The number of nitrogens with two attached hydrogens (primary N) is 1. The minimum atomic E-state index is -3.70. The number of ether oxygens (including phenoxy) is 2. The molecule has 2 rings (SSSR count). The predicted octanol–water partition coefficient (Wildman–Crippen LogP) is 1.72. The molecule has 0 heterocycles. The molecular formula is C17H21N3O5S. The van der Waals surface area contributed by atoms with Gasteiger partial charge in [0, 0.05) is 18.3 Å². The lowest BCUT2D eigenvalue weighted by Gasteiger charge is -2.11. The van der Waals surface area contributed by atoms with E-state index in [1.54, 1.807) is 30.3 Å². The standard InChI is InChI=1S/C17H21N3O5S/c1-24-15-8-5-13(11-16(15)25-2)20-17(21)19-10-9-12-3-6-14(7-4-12)26(18,22)23/h3-8,11H,9-10H2,1-2H3,(H2,18,22,23)(H2,19,20,21). The van der Waals surface area contributed by atoms with E-state index in [0.717, 1.165) is 5.56 Å². The quantitative estimate of drug-likeness (QED) is 0.676. The second-order valence-electron chi connectivity index (χ2n) is 5.39. The highest BCUT2D eigenvalue weighted by atomic mass is 32.2. The van der Waals surface area contributed by atoms with Crippen molar-refractivity contribution in [3.8, 4) is 11.5 Å². The van der Waals surface area contributed by atoms with Crippen molar-refractivity contribution in [1.29, 1.82) is 0 Å². The molecule has 0 aliphatic carbocycles. The van der Waals surface area contributed by atoms with E-state index in [9.17, 15) is 13.2 Å². The molecule has 0 aliphatic rings. The summed E-state index contributed by atoms with van der Waals surface area (Å²) >= 11 is 0. The topological polar surface area (TPSA) is 120 Å². The molecule has 0 radical (unpaired) electrons. The Labute approximate surface area is 152 Å². The van der Waals surface area contributed by atoms with E-state index in [1.807, 2.05) is 0 Å². The number of amides is 2. The molecule has 0 fully saturated rings. The number of methoxy groups -OCH3 is 2. The molecule has 2 aromatic carbocycles. The summed E-state index contributed by atoms with van der Waals surface area (Å²) in [6.07, 6.45) is 0.546. The average Bonchev–Trinajstić information content (AvgIpc) is 2.61. The Morgan fingerprint density at radius 3 is 2.27 bits per heavy atom. The molecule has 2 aromatic rings. The van der Waals surface area contributed by atoms with Crippen LogP contribution in [0.2, 0.25) is 0 Å². The number of carbonyl (C=O) groups excluding carboxylic acids is 1. The molecule has 0 bridgehead atoms. The van der Waals surface area contributed by atoms with E-state index in [2.05, 4.69) is 10.6 Å². The summed E-state index contributed by atoms with van der Waals surface area (Å²) in [5, 5.41) is 10.5. The monoisotopic (exact) mass is 379 g/mol. The van der Waals surface area contributed by atoms with Gasteiger partial charge in [-0.3, -0.25) is 0 Å². The summed E-state index contributed by atoms with van der Waals surface area (Å²) in [6.45, 7) is 0.383. The first-order valence-corrected chi connectivity index (χ1v) is 9.26. The number of anilines is 1.